The summed E-state index contributed by atoms with van der Waals surface area (Å²) in [7, 11) is 0. The van der Waals surface area contributed by atoms with Crippen molar-refractivity contribution >= 4 is 10.9 Å². The number of rotatable bonds is 1. The molecular formula is C15H17NO2. The minimum Gasteiger partial charge on any atom is -0.346 e. The maximum Gasteiger partial charge on any atom is 0.193 e. The van der Waals surface area contributed by atoms with Crippen LogP contribution in [-0.4, -0.2) is 18.2 Å². The van der Waals surface area contributed by atoms with Crippen molar-refractivity contribution < 1.29 is 9.47 Å². The van der Waals surface area contributed by atoms with E-state index in [1.165, 1.54) is 0 Å². The molecule has 0 aliphatic carbocycles. The van der Waals surface area contributed by atoms with Crippen LogP contribution in [0.1, 0.15) is 25.3 Å². The zero-order valence-corrected chi connectivity index (χ0v) is 10.6. The van der Waals surface area contributed by atoms with Gasteiger partial charge in [0, 0.05) is 17.1 Å². The molecule has 0 atom stereocenters. The number of fused-ring (bicyclic) bond motifs is 1. The molecular weight excluding hydrogens is 226 g/mol. The van der Waals surface area contributed by atoms with Crippen LogP contribution in [-0.2, 0) is 15.3 Å². The second-order valence-electron chi connectivity index (χ2n) is 4.77. The van der Waals surface area contributed by atoms with Crippen LogP contribution in [0.3, 0.4) is 0 Å². The van der Waals surface area contributed by atoms with Gasteiger partial charge in [0.2, 0.25) is 0 Å². The van der Waals surface area contributed by atoms with E-state index in [2.05, 4.69) is 17.1 Å². The Morgan fingerprint density at radius 2 is 1.83 bits per heavy atom. The summed E-state index contributed by atoms with van der Waals surface area (Å²) in [5, 5.41) is 1.12. The summed E-state index contributed by atoms with van der Waals surface area (Å²) in [5.41, 5.74) is 1.99. The molecule has 1 aliphatic heterocycles. The number of pyridine rings is 1. The van der Waals surface area contributed by atoms with E-state index >= 15 is 0 Å². The van der Waals surface area contributed by atoms with Crippen molar-refractivity contribution in [2.75, 3.05) is 13.2 Å². The van der Waals surface area contributed by atoms with Crippen LogP contribution in [0.25, 0.3) is 10.9 Å². The number of hydrogen-bond acceptors (Lipinski definition) is 3. The molecule has 1 aliphatic rings. The van der Waals surface area contributed by atoms with Gasteiger partial charge in [0.25, 0.3) is 0 Å². The van der Waals surface area contributed by atoms with Crippen molar-refractivity contribution in [3.8, 4) is 0 Å². The van der Waals surface area contributed by atoms with E-state index in [0.29, 0.717) is 0 Å². The summed E-state index contributed by atoms with van der Waals surface area (Å²) in [4.78, 5) is 4.47. The number of ether oxygens (including phenoxy) is 2. The van der Waals surface area contributed by atoms with Crippen LogP contribution in [0.2, 0.25) is 0 Å². The summed E-state index contributed by atoms with van der Waals surface area (Å²) in [6.45, 7) is 3.46. The molecule has 0 bridgehead atoms. The lowest BCUT2D eigenvalue weighted by atomic mass is 10.1. The van der Waals surface area contributed by atoms with Crippen LogP contribution >= 0.6 is 0 Å². The van der Waals surface area contributed by atoms with Crippen molar-refractivity contribution in [1.29, 1.82) is 0 Å². The molecule has 18 heavy (non-hydrogen) atoms. The van der Waals surface area contributed by atoms with Gasteiger partial charge >= 0.3 is 0 Å². The lowest BCUT2D eigenvalue weighted by molar-refractivity contribution is -0.221. The zero-order valence-electron chi connectivity index (χ0n) is 10.6. The van der Waals surface area contributed by atoms with Gasteiger partial charge in [-0.05, 0) is 31.9 Å². The highest BCUT2D eigenvalue weighted by molar-refractivity contribution is 5.78. The minimum absolute atomic E-state index is 0.659. The van der Waals surface area contributed by atoms with Gasteiger partial charge in [-0.15, -0.1) is 0 Å². The summed E-state index contributed by atoms with van der Waals surface area (Å²) >= 11 is 0. The Balaban J connectivity index is 2.02. The highest BCUT2D eigenvalue weighted by Gasteiger charge is 2.30. The predicted molar refractivity (Wildman–Crippen MR) is 70.2 cm³/mol. The predicted octanol–water partition coefficient (Wildman–Crippen LogP) is 3.23. The first-order valence-electron chi connectivity index (χ1n) is 6.41. The van der Waals surface area contributed by atoms with Crippen molar-refractivity contribution in [2.45, 2.75) is 25.6 Å². The standard InChI is InChI=1S/C15H17NO2/c1-15(17-8-4-5-9-18-15)13-10-12-6-2-3-7-14(12)16-11-13/h2-3,6-7,10-11H,4-5,8-9H2,1H3. The van der Waals surface area contributed by atoms with Crippen LogP contribution < -0.4 is 0 Å². The Kier molecular flexibility index (Phi) is 3.02. The molecule has 3 nitrogen and oxygen atoms in total. The first-order valence-corrected chi connectivity index (χ1v) is 6.41. The molecule has 1 aromatic carbocycles. The quantitative estimate of drug-likeness (QED) is 0.770. The third kappa shape index (κ3) is 2.11. The van der Waals surface area contributed by atoms with Crippen molar-refractivity contribution in [3.63, 3.8) is 0 Å². The molecule has 3 heteroatoms. The highest BCUT2D eigenvalue weighted by Crippen LogP contribution is 2.30. The smallest absolute Gasteiger partial charge is 0.193 e. The maximum absolute atomic E-state index is 5.86. The molecule has 1 fully saturated rings. The third-order valence-corrected chi connectivity index (χ3v) is 3.41. The van der Waals surface area contributed by atoms with E-state index in [1.54, 1.807) is 0 Å². The maximum atomic E-state index is 5.86. The number of benzene rings is 1. The fourth-order valence-corrected chi connectivity index (χ4v) is 2.27. The molecule has 0 N–H and O–H groups in total. The van der Waals surface area contributed by atoms with Gasteiger partial charge in [-0.2, -0.15) is 0 Å². The number of aromatic nitrogens is 1. The van der Waals surface area contributed by atoms with Gasteiger partial charge in [0.05, 0.1) is 18.7 Å². The number of nitrogens with zero attached hydrogens (tertiary/aromatic N) is 1. The molecule has 0 radical (unpaired) electrons. The fourth-order valence-electron chi connectivity index (χ4n) is 2.27. The van der Waals surface area contributed by atoms with Crippen LogP contribution in [0, 0.1) is 0 Å². The molecule has 2 aromatic rings. The van der Waals surface area contributed by atoms with Gasteiger partial charge in [-0.25, -0.2) is 0 Å². The molecule has 1 saturated heterocycles. The summed E-state index contributed by atoms with van der Waals surface area (Å²) in [6, 6.07) is 10.2. The zero-order chi connectivity index (χ0) is 12.4. The molecule has 1 aromatic heterocycles. The SMILES string of the molecule is CC1(c2cnc3ccccc3c2)OCCCCO1. The summed E-state index contributed by atoms with van der Waals surface area (Å²) in [5.74, 6) is -0.659. The van der Waals surface area contributed by atoms with Crippen LogP contribution in [0.4, 0.5) is 0 Å². The van der Waals surface area contributed by atoms with Crippen LogP contribution in [0.15, 0.2) is 36.5 Å². The average molecular weight is 243 g/mol. The van der Waals surface area contributed by atoms with Gasteiger partial charge in [-0.1, -0.05) is 18.2 Å². The van der Waals surface area contributed by atoms with E-state index in [-0.39, 0.29) is 0 Å². The lowest BCUT2D eigenvalue weighted by Crippen LogP contribution is -2.28. The van der Waals surface area contributed by atoms with E-state index in [4.69, 9.17) is 9.47 Å². The average Bonchev–Trinajstić information content (AvgIpc) is 2.64. The lowest BCUT2D eigenvalue weighted by Gasteiger charge is -2.28. The Bertz CT molecular complexity index is 545. The molecule has 0 amide bonds. The second-order valence-corrected chi connectivity index (χ2v) is 4.77. The molecule has 3 rings (SSSR count). The fraction of sp³-hybridized carbons (Fsp3) is 0.400. The monoisotopic (exact) mass is 243 g/mol. The van der Waals surface area contributed by atoms with Gasteiger partial charge in [-0.3, -0.25) is 4.98 Å². The highest BCUT2D eigenvalue weighted by atomic mass is 16.7. The molecule has 94 valence electrons. The molecule has 0 saturated carbocycles. The molecule has 2 heterocycles. The van der Waals surface area contributed by atoms with Gasteiger partial charge in [0.15, 0.2) is 5.79 Å². The number of hydrogen-bond donors (Lipinski definition) is 0. The van der Waals surface area contributed by atoms with E-state index in [1.807, 2.05) is 31.3 Å². The Labute approximate surface area is 107 Å². The largest absolute Gasteiger partial charge is 0.346 e. The van der Waals surface area contributed by atoms with Crippen molar-refractivity contribution in [3.05, 3.63) is 42.1 Å². The van der Waals surface area contributed by atoms with Crippen molar-refractivity contribution in [1.82, 2.24) is 4.98 Å². The first kappa shape index (κ1) is 11.6. The van der Waals surface area contributed by atoms with Crippen LogP contribution in [0.5, 0.6) is 0 Å². The minimum atomic E-state index is -0.659. The van der Waals surface area contributed by atoms with E-state index in [9.17, 15) is 0 Å². The Morgan fingerprint density at radius 3 is 2.61 bits per heavy atom. The summed E-state index contributed by atoms with van der Waals surface area (Å²) in [6.07, 6.45) is 3.96. The van der Waals surface area contributed by atoms with Gasteiger partial charge in [0.1, 0.15) is 0 Å². The second kappa shape index (κ2) is 4.67. The van der Waals surface area contributed by atoms with Gasteiger partial charge < -0.3 is 9.47 Å². The number of para-hydroxylation sites is 1. The van der Waals surface area contributed by atoms with Crippen molar-refractivity contribution in [2.24, 2.45) is 0 Å². The third-order valence-electron chi connectivity index (χ3n) is 3.41. The van der Waals surface area contributed by atoms with E-state index < -0.39 is 5.79 Å². The molecule has 0 spiro atoms. The first-order chi connectivity index (χ1) is 8.78. The Hall–Kier alpha value is -1.45. The molecule has 0 unspecified atom stereocenters. The van der Waals surface area contributed by atoms with E-state index in [0.717, 1.165) is 42.5 Å². The summed E-state index contributed by atoms with van der Waals surface area (Å²) < 4.78 is 11.7. The Morgan fingerprint density at radius 1 is 1.11 bits per heavy atom. The normalized spacial score (nSPS) is 19.6. The topological polar surface area (TPSA) is 31.4 Å².